The van der Waals surface area contributed by atoms with Crippen LogP contribution in [0.15, 0.2) is 0 Å². The van der Waals surface area contributed by atoms with Gasteiger partial charge in [-0.3, -0.25) is 4.90 Å². The molecule has 0 aromatic heterocycles. The fourth-order valence-corrected chi connectivity index (χ4v) is 2.15. The van der Waals surface area contributed by atoms with E-state index in [4.69, 9.17) is 14.2 Å². The number of hydrogen-bond donors (Lipinski definition) is 1. The number of rotatable bonds is 10. The Labute approximate surface area is 111 Å². The van der Waals surface area contributed by atoms with Crippen LogP contribution in [0.1, 0.15) is 13.3 Å². The SMILES string of the molecule is CCC1CNCCN1CCOCCOCCOC. The molecule has 5 nitrogen and oxygen atoms in total. The van der Waals surface area contributed by atoms with Crippen LogP contribution in [-0.4, -0.2) is 77.3 Å². The molecule has 0 saturated carbocycles. The Morgan fingerprint density at radius 1 is 1.11 bits per heavy atom. The van der Waals surface area contributed by atoms with Gasteiger partial charge in [0.25, 0.3) is 0 Å². The van der Waals surface area contributed by atoms with E-state index in [1.54, 1.807) is 7.11 Å². The molecule has 0 amide bonds. The maximum Gasteiger partial charge on any atom is 0.0701 e. The van der Waals surface area contributed by atoms with Crippen LogP contribution in [0.5, 0.6) is 0 Å². The van der Waals surface area contributed by atoms with Crippen LogP contribution in [0.2, 0.25) is 0 Å². The van der Waals surface area contributed by atoms with Gasteiger partial charge in [0, 0.05) is 39.3 Å². The molecule has 0 radical (unpaired) electrons. The van der Waals surface area contributed by atoms with Crippen molar-refractivity contribution in [2.45, 2.75) is 19.4 Å². The molecule has 0 aromatic rings. The largest absolute Gasteiger partial charge is 0.382 e. The van der Waals surface area contributed by atoms with Crippen LogP contribution in [0.25, 0.3) is 0 Å². The summed E-state index contributed by atoms with van der Waals surface area (Å²) >= 11 is 0. The van der Waals surface area contributed by atoms with Crippen LogP contribution < -0.4 is 5.32 Å². The molecule has 0 aromatic carbocycles. The van der Waals surface area contributed by atoms with Gasteiger partial charge in [-0.2, -0.15) is 0 Å². The van der Waals surface area contributed by atoms with E-state index in [1.165, 1.54) is 6.42 Å². The summed E-state index contributed by atoms with van der Waals surface area (Å²) in [5, 5.41) is 3.43. The van der Waals surface area contributed by atoms with Crippen molar-refractivity contribution in [3.63, 3.8) is 0 Å². The molecule has 18 heavy (non-hydrogen) atoms. The lowest BCUT2D eigenvalue weighted by atomic mass is 10.1. The molecule has 0 spiro atoms. The number of ether oxygens (including phenoxy) is 3. The third kappa shape index (κ3) is 6.66. The molecule has 1 rings (SSSR count). The second kappa shape index (κ2) is 10.7. The average molecular weight is 260 g/mol. The minimum atomic E-state index is 0.648. The van der Waals surface area contributed by atoms with Crippen LogP contribution in [0.4, 0.5) is 0 Å². The van der Waals surface area contributed by atoms with E-state index in [9.17, 15) is 0 Å². The number of nitrogens with one attached hydrogen (secondary N) is 1. The summed E-state index contributed by atoms with van der Waals surface area (Å²) in [7, 11) is 1.68. The highest BCUT2D eigenvalue weighted by atomic mass is 16.5. The van der Waals surface area contributed by atoms with Gasteiger partial charge in [-0.1, -0.05) is 6.92 Å². The summed E-state index contributed by atoms with van der Waals surface area (Å²) in [4.78, 5) is 2.52. The predicted octanol–water partition coefficient (Wildman–Crippen LogP) is 0.350. The highest BCUT2D eigenvalue weighted by Crippen LogP contribution is 2.06. The molecule has 1 N–H and O–H groups in total. The topological polar surface area (TPSA) is 43.0 Å². The molecule has 1 aliphatic heterocycles. The molecular formula is C13H28N2O3. The van der Waals surface area contributed by atoms with Crippen molar-refractivity contribution in [3.8, 4) is 0 Å². The van der Waals surface area contributed by atoms with Gasteiger partial charge in [-0.15, -0.1) is 0 Å². The van der Waals surface area contributed by atoms with Gasteiger partial charge in [0.2, 0.25) is 0 Å². The van der Waals surface area contributed by atoms with Crippen molar-refractivity contribution in [1.82, 2.24) is 10.2 Å². The zero-order chi connectivity index (χ0) is 13.1. The van der Waals surface area contributed by atoms with Gasteiger partial charge < -0.3 is 19.5 Å². The third-order valence-corrected chi connectivity index (χ3v) is 3.27. The molecule has 5 heteroatoms. The smallest absolute Gasteiger partial charge is 0.0701 e. The molecule has 0 bridgehead atoms. The van der Waals surface area contributed by atoms with Crippen molar-refractivity contribution in [2.24, 2.45) is 0 Å². The van der Waals surface area contributed by atoms with Crippen LogP contribution in [0, 0.1) is 0 Å². The molecule has 1 unspecified atom stereocenters. The fourth-order valence-electron chi connectivity index (χ4n) is 2.15. The molecule has 108 valence electrons. The summed E-state index contributed by atoms with van der Waals surface area (Å²) in [6.07, 6.45) is 1.20. The van der Waals surface area contributed by atoms with Crippen LogP contribution in [0.3, 0.4) is 0 Å². The molecule has 1 aliphatic rings. The van der Waals surface area contributed by atoms with Gasteiger partial charge in [0.15, 0.2) is 0 Å². The monoisotopic (exact) mass is 260 g/mol. The van der Waals surface area contributed by atoms with Gasteiger partial charge in [-0.05, 0) is 6.42 Å². The zero-order valence-electron chi connectivity index (χ0n) is 11.8. The minimum Gasteiger partial charge on any atom is -0.382 e. The first-order valence-electron chi connectivity index (χ1n) is 6.97. The number of piperazine rings is 1. The van der Waals surface area contributed by atoms with Crippen molar-refractivity contribution >= 4 is 0 Å². The first-order chi connectivity index (χ1) is 8.88. The number of methoxy groups -OCH3 is 1. The van der Waals surface area contributed by atoms with E-state index in [-0.39, 0.29) is 0 Å². The summed E-state index contributed by atoms with van der Waals surface area (Å²) in [6, 6.07) is 0.667. The molecule has 1 heterocycles. The lowest BCUT2D eigenvalue weighted by molar-refractivity contribution is 0.0146. The Bertz CT molecular complexity index is 193. The lowest BCUT2D eigenvalue weighted by Crippen LogP contribution is -2.51. The fraction of sp³-hybridized carbons (Fsp3) is 1.00. The Morgan fingerprint density at radius 2 is 1.83 bits per heavy atom. The van der Waals surface area contributed by atoms with Gasteiger partial charge in [0.1, 0.15) is 0 Å². The average Bonchev–Trinajstić information content (AvgIpc) is 2.42. The predicted molar refractivity (Wildman–Crippen MR) is 72.0 cm³/mol. The molecule has 1 atom stereocenters. The Kier molecular flexibility index (Phi) is 9.42. The number of hydrogen-bond acceptors (Lipinski definition) is 5. The standard InChI is InChI=1S/C13H28N2O3/c1-3-13-12-14-4-5-15(13)6-7-17-10-11-18-9-8-16-2/h13-14H,3-12H2,1-2H3. The molecular weight excluding hydrogens is 232 g/mol. The lowest BCUT2D eigenvalue weighted by Gasteiger charge is -2.35. The van der Waals surface area contributed by atoms with Crippen molar-refractivity contribution in [1.29, 1.82) is 0 Å². The first-order valence-corrected chi connectivity index (χ1v) is 6.97. The highest BCUT2D eigenvalue weighted by Gasteiger charge is 2.19. The minimum absolute atomic E-state index is 0.648. The van der Waals surface area contributed by atoms with Crippen LogP contribution >= 0.6 is 0 Å². The normalized spacial score (nSPS) is 21.3. The summed E-state index contributed by atoms with van der Waals surface area (Å²) in [5.74, 6) is 0. The maximum absolute atomic E-state index is 5.58. The summed E-state index contributed by atoms with van der Waals surface area (Å²) < 4.78 is 15.8. The maximum atomic E-state index is 5.58. The van der Waals surface area contributed by atoms with E-state index in [1.807, 2.05) is 0 Å². The van der Waals surface area contributed by atoms with Crippen molar-refractivity contribution < 1.29 is 14.2 Å². The van der Waals surface area contributed by atoms with E-state index in [0.29, 0.717) is 32.5 Å². The first kappa shape index (κ1) is 15.9. The van der Waals surface area contributed by atoms with Gasteiger partial charge >= 0.3 is 0 Å². The van der Waals surface area contributed by atoms with E-state index >= 15 is 0 Å². The van der Waals surface area contributed by atoms with Crippen molar-refractivity contribution in [2.75, 3.05) is 66.3 Å². The number of nitrogens with zero attached hydrogens (tertiary/aromatic N) is 1. The quantitative estimate of drug-likeness (QED) is 0.574. The summed E-state index contributed by atoms with van der Waals surface area (Å²) in [6.45, 7) is 10.0. The molecule has 0 aliphatic carbocycles. The highest BCUT2D eigenvalue weighted by molar-refractivity contribution is 4.78. The van der Waals surface area contributed by atoms with Gasteiger partial charge in [-0.25, -0.2) is 0 Å². The van der Waals surface area contributed by atoms with Crippen molar-refractivity contribution in [3.05, 3.63) is 0 Å². The Hall–Kier alpha value is -0.200. The van der Waals surface area contributed by atoms with E-state index < -0.39 is 0 Å². The van der Waals surface area contributed by atoms with Gasteiger partial charge in [0.05, 0.1) is 33.0 Å². The molecule has 1 saturated heterocycles. The molecule has 1 fully saturated rings. The second-order valence-electron chi connectivity index (χ2n) is 4.52. The van der Waals surface area contributed by atoms with Crippen LogP contribution in [-0.2, 0) is 14.2 Å². The van der Waals surface area contributed by atoms with E-state index in [2.05, 4.69) is 17.1 Å². The Morgan fingerprint density at radius 3 is 2.56 bits per heavy atom. The third-order valence-electron chi connectivity index (χ3n) is 3.27. The zero-order valence-corrected chi connectivity index (χ0v) is 11.8. The Balaban J connectivity index is 1.93. The van der Waals surface area contributed by atoms with E-state index in [0.717, 1.165) is 32.8 Å². The second-order valence-corrected chi connectivity index (χ2v) is 4.52. The summed E-state index contributed by atoms with van der Waals surface area (Å²) in [5.41, 5.74) is 0.